The summed E-state index contributed by atoms with van der Waals surface area (Å²) in [6.07, 6.45) is 2.58. The lowest BCUT2D eigenvalue weighted by atomic mass is 10.2. The molecule has 0 aliphatic carbocycles. The second-order valence-corrected chi connectivity index (χ2v) is 5.00. The highest BCUT2D eigenvalue weighted by Gasteiger charge is 2.20. The van der Waals surface area contributed by atoms with Crippen LogP contribution in [-0.4, -0.2) is 58.6 Å². The van der Waals surface area contributed by atoms with Crippen LogP contribution in [0, 0.1) is 5.82 Å². The van der Waals surface area contributed by atoms with Crippen molar-refractivity contribution >= 4 is 17.3 Å². The van der Waals surface area contributed by atoms with E-state index in [1.807, 2.05) is 11.9 Å². The van der Waals surface area contributed by atoms with Gasteiger partial charge in [0.2, 0.25) is 0 Å². The zero-order chi connectivity index (χ0) is 14.3. The van der Waals surface area contributed by atoms with Crippen LogP contribution < -0.4 is 4.90 Å². The van der Waals surface area contributed by atoms with E-state index in [2.05, 4.69) is 9.88 Å². The number of hydrogen-bond acceptors (Lipinski definition) is 4. The smallest absolute Gasteiger partial charge is 0.356 e. The van der Waals surface area contributed by atoms with Crippen molar-refractivity contribution in [2.45, 2.75) is 0 Å². The number of imidazole rings is 1. The molecule has 106 valence electrons. The van der Waals surface area contributed by atoms with Gasteiger partial charge >= 0.3 is 5.97 Å². The number of fused-ring (bicyclic) bond motifs is 1. The van der Waals surface area contributed by atoms with Gasteiger partial charge in [-0.2, -0.15) is 0 Å². The van der Waals surface area contributed by atoms with Crippen LogP contribution in [0.5, 0.6) is 0 Å². The van der Waals surface area contributed by atoms with E-state index in [4.69, 9.17) is 5.11 Å². The Labute approximate surface area is 115 Å². The van der Waals surface area contributed by atoms with Gasteiger partial charge < -0.3 is 19.3 Å². The molecule has 7 heteroatoms. The minimum atomic E-state index is -1.11. The quantitative estimate of drug-likeness (QED) is 0.885. The third-order valence-electron chi connectivity index (χ3n) is 3.56. The molecule has 3 rings (SSSR count). The fourth-order valence-corrected chi connectivity index (χ4v) is 2.43. The van der Waals surface area contributed by atoms with Crippen molar-refractivity contribution in [1.82, 2.24) is 14.3 Å². The minimum absolute atomic E-state index is 0.0778. The highest BCUT2D eigenvalue weighted by Crippen LogP contribution is 2.24. The number of nitrogens with zero attached hydrogens (tertiary/aromatic N) is 4. The van der Waals surface area contributed by atoms with E-state index in [1.54, 1.807) is 0 Å². The molecule has 1 fully saturated rings. The predicted octanol–water partition coefficient (Wildman–Crippen LogP) is 0.923. The molecule has 6 nitrogen and oxygen atoms in total. The third kappa shape index (κ3) is 2.20. The van der Waals surface area contributed by atoms with Gasteiger partial charge in [-0.25, -0.2) is 14.2 Å². The minimum Gasteiger partial charge on any atom is -0.476 e. The second kappa shape index (κ2) is 4.75. The average Bonchev–Trinajstić information content (AvgIpc) is 2.82. The molecule has 0 aromatic carbocycles. The van der Waals surface area contributed by atoms with E-state index in [0.717, 1.165) is 26.2 Å². The summed E-state index contributed by atoms with van der Waals surface area (Å²) in [7, 11) is 2.04. The molecule has 0 radical (unpaired) electrons. The number of carboxylic acids is 1. The molecule has 0 spiro atoms. The fourth-order valence-electron chi connectivity index (χ4n) is 2.43. The lowest BCUT2D eigenvalue weighted by Crippen LogP contribution is -2.44. The van der Waals surface area contributed by atoms with Crippen LogP contribution in [0.1, 0.15) is 10.5 Å². The van der Waals surface area contributed by atoms with Crippen LogP contribution in [0.4, 0.5) is 10.1 Å². The number of halogens is 1. The number of pyridine rings is 1. The van der Waals surface area contributed by atoms with Crippen molar-refractivity contribution in [3.8, 4) is 0 Å². The van der Waals surface area contributed by atoms with E-state index in [0.29, 0.717) is 11.3 Å². The second-order valence-electron chi connectivity index (χ2n) is 5.00. The number of anilines is 1. The Hall–Kier alpha value is -2.15. The average molecular weight is 278 g/mol. The van der Waals surface area contributed by atoms with Crippen LogP contribution in [0.25, 0.3) is 5.65 Å². The summed E-state index contributed by atoms with van der Waals surface area (Å²) in [6, 6.07) is 1.42. The maximum Gasteiger partial charge on any atom is 0.356 e. The Morgan fingerprint density at radius 3 is 2.65 bits per heavy atom. The number of aromatic carboxylic acids is 1. The van der Waals surface area contributed by atoms with Crippen LogP contribution >= 0.6 is 0 Å². The summed E-state index contributed by atoms with van der Waals surface area (Å²) in [5.41, 5.74) is 1.05. The number of rotatable bonds is 2. The highest BCUT2D eigenvalue weighted by molar-refractivity contribution is 5.87. The van der Waals surface area contributed by atoms with E-state index >= 15 is 0 Å². The summed E-state index contributed by atoms with van der Waals surface area (Å²) < 4.78 is 15.1. The van der Waals surface area contributed by atoms with Crippen LogP contribution in [0.3, 0.4) is 0 Å². The molecule has 1 aliphatic heterocycles. The Kier molecular flexibility index (Phi) is 3.06. The highest BCUT2D eigenvalue weighted by atomic mass is 19.1. The third-order valence-corrected chi connectivity index (χ3v) is 3.56. The first-order valence-corrected chi connectivity index (χ1v) is 6.39. The van der Waals surface area contributed by atoms with E-state index in [9.17, 15) is 9.18 Å². The molecular formula is C13H15FN4O2. The van der Waals surface area contributed by atoms with E-state index in [1.165, 1.54) is 22.9 Å². The largest absolute Gasteiger partial charge is 0.476 e. The van der Waals surface area contributed by atoms with Crippen molar-refractivity contribution in [1.29, 1.82) is 0 Å². The molecule has 0 saturated carbocycles. The first-order chi connectivity index (χ1) is 9.54. The van der Waals surface area contributed by atoms with Crippen molar-refractivity contribution in [3.05, 3.63) is 30.0 Å². The maximum atomic E-state index is 13.7. The molecule has 2 aromatic rings. The van der Waals surface area contributed by atoms with Gasteiger partial charge in [0.1, 0.15) is 5.82 Å². The number of aromatic nitrogens is 2. The standard InChI is InChI=1S/C13H15FN4O2/c1-16-2-4-17(5-3-16)11-6-9(14)7-18-8-10(13(19)20)15-12(11)18/h6-8H,2-5H2,1H3,(H,19,20). The molecule has 1 saturated heterocycles. The van der Waals surface area contributed by atoms with E-state index in [-0.39, 0.29) is 5.69 Å². The molecule has 20 heavy (non-hydrogen) atoms. The number of hydrogen-bond donors (Lipinski definition) is 1. The zero-order valence-corrected chi connectivity index (χ0v) is 11.1. The lowest BCUT2D eigenvalue weighted by molar-refractivity contribution is 0.0691. The normalized spacial score (nSPS) is 16.8. The number of carbonyl (C=O) groups is 1. The Balaban J connectivity index is 2.07. The van der Waals surface area contributed by atoms with Gasteiger partial charge in [0, 0.05) is 44.6 Å². The Morgan fingerprint density at radius 2 is 2.00 bits per heavy atom. The van der Waals surface area contributed by atoms with E-state index < -0.39 is 11.8 Å². The van der Waals surface area contributed by atoms with Crippen LogP contribution in [-0.2, 0) is 0 Å². The SMILES string of the molecule is CN1CCN(c2cc(F)cn3cc(C(=O)O)nc23)CC1. The molecule has 3 heterocycles. The summed E-state index contributed by atoms with van der Waals surface area (Å²) in [5.74, 6) is -1.51. The molecular weight excluding hydrogens is 263 g/mol. The molecule has 0 bridgehead atoms. The fraction of sp³-hybridized carbons (Fsp3) is 0.385. The summed E-state index contributed by atoms with van der Waals surface area (Å²) in [5, 5.41) is 9.00. The summed E-state index contributed by atoms with van der Waals surface area (Å²) >= 11 is 0. The van der Waals surface area contributed by atoms with Crippen molar-refractivity contribution < 1.29 is 14.3 Å². The van der Waals surface area contributed by atoms with Gasteiger partial charge in [0.05, 0.1) is 5.69 Å². The summed E-state index contributed by atoms with van der Waals surface area (Å²) in [6.45, 7) is 3.31. The molecule has 1 N–H and O–H groups in total. The first kappa shape index (κ1) is 12.9. The molecule has 1 aliphatic rings. The van der Waals surface area contributed by atoms with Gasteiger partial charge in [-0.15, -0.1) is 0 Å². The molecule has 0 atom stereocenters. The predicted molar refractivity (Wildman–Crippen MR) is 71.8 cm³/mol. The zero-order valence-electron chi connectivity index (χ0n) is 11.1. The number of piperazine rings is 1. The van der Waals surface area contributed by atoms with Crippen molar-refractivity contribution in [2.24, 2.45) is 0 Å². The van der Waals surface area contributed by atoms with Gasteiger partial charge in [-0.3, -0.25) is 0 Å². The first-order valence-electron chi connectivity index (χ1n) is 6.39. The van der Waals surface area contributed by atoms with Gasteiger partial charge in [-0.1, -0.05) is 0 Å². The maximum absolute atomic E-state index is 13.7. The lowest BCUT2D eigenvalue weighted by Gasteiger charge is -2.34. The van der Waals surface area contributed by atoms with Crippen LogP contribution in [0.2, 0.25) is 0 Å². The topological polar surface area (TPSA) is 61.1 Å². The monoisotopic (exact) mass is 278 g/mol. The molecule has 0 unspecified atom stereocenters. The molecule has 2 aromatic heterocycles. The number of likely N-dealkylation sites (N-methyl/N-ethyl adjacent to an activating group) is 1. The van der Waals surface area contributed by atoms with Gasteiger partial charge in [-0.05, 0) is 7.05 Å². The molecule has 0 amide bonds. The Morgan fingerprint density at radius 1 is 1.30 bits per heavy atom. The van der Waals surface area contributed by atoms with Gasteiger partial charge in [0.15, 0.2) is 11.3 Å². The van der Waals surface area contributed by atoms with Gasteiger partial charge in [0.25, 0.3) is 0 Å². The van der Waals surface area contributed by atoms with Crippen molar-refractivity contribution in [3.63, 3.8) is 0 Å². The van der Waals surface area contributed by atoms with Crippen LogP contribution in [0.15, 0.2) is 18.5 Å². The Bertz CT molecular complexity index is 662. The van der Waals surface area contributed by atoms with Crippen molar-refractivity contribution in [2.75, 3.05) is 38.1 Å². The number of carboxylic acid groups (broad SMARTS) is 1. The summed E-state index contributed by atoms with van der Waals surface area (Å²) in [4.78, 5) is 19.3.